The molecular weight excluding hydrogens is 317 g/mol. The number of rotatable bonds is 5. The summed E-state index contributed by atoms with van der Waals surface area (Å²) in [5, 5.41) is 3.62. The number of benzene rings is 2. The van der Waals surface area contributed by atoms with Gasteiger partial charge < -0.3 is 5.32 Å². The second-order valence-electron chi connectivity index (χ2n) is 5.02. The second-order valence-corrected chi connectivity index (χ2v) is 5.83. The van der Waals surface area contributed by atoms with Crippen LogP contribution in [0.15, 0.2) is 54.6 Å². The second kappa shape index (κ2) is 8.02. The molecule has 4 heteroatoms. The van der Waals surface area contributed by atoms with Crippen LogP contribution >= 0.6 is 23.2 Å². The van der Waals surface area contributed by atoms with Gasteiger partial charge in [-0.25, -0.2) is 0 Å². The van der Waals surface area contributed by atoms with Gasteiger partial charge in [0.15, 0.2) is 0 Å². The monoisotopic (exact) mass is 333 g/mol. The summed E-state index contributed by atoms with van der Waals surface area (Å²) in [6, 6.07) is 15.0. The maximum absolute atomic E-state index is 12.2. The van der Waals surface area contributed by atoms with E-state index in [1.165, 1.54) is 0 Å². The maximum atomic E-state index is 12.2. The molecule has 0 saturated carbocycles. The molecule has 2 aromatic carbocycles. The SMILES string of the molecule is CC(C/C=C/c1ccccc1)NC(=O)c1c(Cl)cccc1Cl. The summed E-state index contributed by atoms with van der Waals surface area (Å²) in [5.74, 6) is -0.254. The van der Waals surface area contributed by atoms with Crippen molar-refractivity contribution in [3.63, 3.8) is 0 Å². The van der Waals surface area contributed by atoms with Crippen LogP contribution in [0.3, 0.4) is 0 Å². The molecule has 2 rings (SSSR count). The number of carbonyl (C=O) groups is 1. The van der Waals surface area contributed by atoms with Gasteiger partial charge in [-0.1, -0.05) is 71.8 Å². The lowest BCUT2D eigenvalue weighted by Gasteiger charge is -2.13. The summed E-state index contributed by atoms with van der Waals surface area (Å²) in [4.78, 5) is 12.2. The van der Waals surface area contributed by atoms with Crippen molar-refractivity contribution in [3.8, 4) is 0 Å². The van der Waals surface area contributed by atoms with Gasteiger partial charge in [0.05, 0.1) is 15.6 Å². The summed E-state index contributed by atoms with van der Waals surface area (Å²) in [7, 11) is 0. The predicted molar refractivity (Wildman–Crippen MR) is 93.5 cm³/mol. The Balaban J connectivity index is 1.93. The lowest BCUT2D eigenvalue weighted by molar-refractivity contribution is 0.0941. The first-order valence-electron chi connectivity index (χ1n) is 7.04. The molecule has 1 atom stereocenters. The van der Waals surface area contributed by atoms with E-state index in [0.717, 1.165) is 12.0 Å². The summed E-state index contributed by atoms with van der Waals surface area (Å²) >= 11 is 12.1. The first kappa shape index (κ1) is 16.6. The molecule has 0 aliphatic heterocycles. The van der Waals surface area contributed by atoms with E-state index in [1.54, 1.807) is 18.2 Å². The predicted octanol–water partition coefficient (Wildman–Crippen LogP) is 5.22. The van der Waals surface area contributed by atoms with Crippen LogP contribution in [0.25, 0.3) is 6.08 Å². The van der Waals surface area contributed by atoms with Crippen LogP contribution in [0.5, 0.6) is 0 Å². The number of amides is 1. The van der Waals surface area contributed by atoms with Crippen LogP contribution in [0.4, 0.5) is 0 Å². The molecule has 0 fully saturated rings. The molecule has 1 amide bonds. The van der Waals surface area contributed by atoms with E-state index in [1.807, 2.05) is 49.4 Å². The number of hydrogen-bond donors (Lipinski definition) is 1. The van der Waals surface area contributed by atoms with E-state index in [4.69, 9.17) is 23.2 Å². The van der Waals surface area contributed by atoms with Crippen LogP contribution in [-0.2, 0) is 0 Å². The molecule has 114 valence electrons. The van der Waals surface area contributed by atoms with Crippen molar-refractivity contribution in [1.82, 2.24) is 5.32 Å². The van der Waals surface area contributed by atoms with Gasteiger partial charge in [0, 0.05) is 6.04 Å². The summed E-state index contributed by atoms with van der Waals surface area (Å²) < 4.78 is 0. The highest BCUT2D eigenvalue weighted by atomic mass is 35.5. The van der Waals surface area contributed by atoms with Crippen LogP contribution in [0.1, 0.15) is 29.3 Å². The maximum Gasteiger partial charge on any atom is 0.254 e. The largest absolute Gasteiger partial charge is 0.349 e. The van der Waals surface area contributed by atoms with E-state index in [-0.39, 0.29) is 11.9 Å². The minimum Gasteiger partial charge on any atom is -0.349 e. The summed E-state index contributed by atoms with van der Waals surface area (Å²) in [6.45, 7) is 1.94. The van der Waals surface area contributed by atoms with E-state index in [2.05, 4.69) is 5.32 Å². The number of nitrogens with one attached hydrogen (secondary N) is 1. The smallest absolute Gasteiger partial charge is 0.254 e. The van der Waals surface area contributed by atoms with Crippen LogP contribution in [0.2, 0.25) is 10.0 Å². The fourth-order valence-electron chi connectivity index (χ4n) is 2.04. The van der Waals surface area contributed by atoms with Crippen LogP contribution in [0, 0.1) is 0 Å². The zero-order chi connectivity index (χ0) is 15.9. The topological polar surface area (TPSA) is 29.1 Å². The van der Waals surface area contributed by atoms with Crippen molar-refractivity contribution in [1.29, 1.82) is 0 Å². The molecule has 0 heterocycles. The van der Waals surface area contributed by atoms with Crippen molar-refractivity contribution in [2.24, 2.45) is 0 Å². The molecule has 2 aromatic rings. The van der Waals surface area contributed by atoms with Crippen molar-refractivity contribution in [3.05, 3.63) is 75.8 Å². The summed E-state index contributed by atoms with van der Waals surface area (Å²) in [5.41, 5.74) is 1.46. The Bertz CT molecular complexity index is 648. The third-order valence-electron chi connectivity index (χ3n) is 3.17. The van der Waals surface area contributed by atoms with E-state index in [0.29, 0.717) is 15.6 Å². The molecule has 0 radical (unpaired) electrons. The number of carbonyl (C=O) groups excluding carboxylic acids is 1. The quantitative estimate of drug-likeness (QED) is 0.798. The number of halogens is 2. The van der Waals surface area contributed by atoms with Crippen molar-refractivity contribution >= 4 is 35.2 Å². The van der Waals surface area contributed by atoms with Gasteiger partial charge in [0.1, 0.15) is 0 Å². The van der Waals surface area contributed by atoms with E-state index >= 15 is 0 Å². The average Bonchev–Trinajstić information content (AvgIpc) is 2.48. The first-order valence-corrected chi connectivity index (χ1v) is 7.80. The lowest BCUT2D eigenvalue weighted by atomic mass is 10.1. The Morgan fingerprint density at radius 2 is 1.73 bits per heavy atom. The van der Waals surface area contributed by atoms with Gasteiger partial charge in [-0.2, -0.15) is 0 Å². The molecule has 22 heavy (non-hydrogen) atoms. The third kappa shape index (κ3) is 4.62. The molecule has 2 nitrogen and oxygen atoms in total. The molecule has 0 spiro atoms. The normalized spacial score (nSPS) is 12.3. The van der Waals surface area contributed by atoms with Gasteiger partial charge in [-0.15, -0.1) is 0 Å². The fourth-order valence-corrected chi connectivity index (χ4v) is 2.61. The van der Waals surface area contributed by atoms with Crippen LogP contribution in [-0.4, -0.2) is 11.9 Å². The molecule has 0 aliphatic carbocycles. The van der Waals surface area contributed by atoms with Crippen LogP contribution < -0.4 is 5.32 Å². The molecule has 0 aliphatic rings. The lowest BCUT2D eigenvalue weighted by Crippen LogP contribution is -2.32. The Morgan fingerprint density at radius 3 is 2.36 bits per heavy atom. The first-order chi connectivity index (χ1) is 10.6. The molecule has 0 aromatic heterocycles. The van der Waals surface area contributed by atoms with E-state index < -0.39 is 0 Å². The Labute approximate surface area is 140 Å². The highest BCUT2D eigenvalue weighted by molar-refractivity contribution is 6.39. The zero-order valence-electron chi connectivity index (χ0n) is 12.2. The molecular formula is C18H17Cl2NO. The third-order valence-corrected chi connectivity index (χ3v) is 3.80. The minimum atomic E-state index is -0.254. The van der Waals surface area contributed by atoms with Gasteiger partial charge in [-0.05, 0) is 31.0 Å². The standard InChI is InChI=1S/C18H17Cl2NO/c1-13(7-5-10-14-8-3-2-4-9-14)21-18(22)17-15(19)11-6-12-16(17)20/h2-6,8-13H,7H2,1H3,(H,21,22)/b10-5+. The average molecular weight is 334 g/mol. The fraction of sp³-hybridized carbons (Fsp3) is 0.167. The van der Waals surface area contributed by atoms with Gasteiger partial charge in [0.2, 0.25) is 0 Å². The molecule has 0 bridgehead atoms. The van der Waals surface area contributed by atoms with Crippen molar-refractivity contribution < 1.29 is 4.79 Å². The highest BCUT2D eigenvalue weighted by Crippen LogP contribution is 2.24. The van der Waals surface area contributed by atoms with Crippen molar-refractivity contribution in [2.45, 2.75) is 19.4 Å². The van der Waals surface area contributed by atoms with Crippen molar-refractivity contribution in [2.75, 3.05) is 0 Å². The Kier molecular flexibility index (Phi) is 6.05. The number of hydrogen-bond acceptors (Lipinski definition) is 1. The van der Waals surface area contributed by atoms with E-state index in [9.17, 15) is 4.79 Å². The Hall–Kier alpha value is -1.77. The highest BCUT2D eigenvalue weighted by Gasteiger charge is 2.15. The minimum absolute atomic E-state index is 0.0141. The molecule has 1 N–H and O–H groups in total. The molecule has 0 saturated heterocycles. The molecule has 1 unspecified atom stereocenters. The Morgan fingerprint density at radius 1 is 1.09 bits per heavy atom. The van der Waals surface area contributed by atoms with Gasteiger partial charge in [-0.3, -0.25) is 4.79 Å². The van der Waals surface area contributed by atoms with Gasteiger partial charge >= 0.3 is 0 Å². The summed E-state index contributed by atoms with van der Waals surface area (Å²) in [6.07, 6.45) is 4.79. The van der Waals surface area contributed by atoms with Gasteiger partial charge in [0.25, 0.3) is 5.91 Å². The zero-order valence-corrected chi connectivity index (χ0v) is 13.7.